The number of rotatable bonds is 5. The molecule has 1 aliphatic rings. The first-order valence-corrected chi connectivity index (χ1v) is 9.39. The predicted molar refractivity (Wildman–Crippen MR) is 105 cm³/mol. The van der Waals surface area contributed by atoms with Gasteiger partial charge in [0, 0.05) is 11.5 Å². The van der Waals surface area contributed by atoms with Crippen molar-refractivity contribution >= 4 is 16.9 Å². The third-order valence-electron chi connectivity index (χ3n) is 5.48. The average Bonchev–Trinajstić information content (AvgIpc) is 3.44. The lowest BCUT2D eigenvalue weighted by Crippen LogP contribution is -2.13. The van der Waals surface area contributed by atoms with Crippen LogP contribution in [0.2, 0.25) is 0 Å². The zero-order chi connectivity index (χ0) is 19.1. The Labute approximate surface area is 157 Å². The van der Waals surface area contributed by atoms with Crippen LogP contribution in [0.4, 0.5) is 0 Å². The molecule has 0 aliphatic heterocycles. The largest absolute Gasteiger partial charge is 0.478 e. The highest BCUT2D eigenvalue weighted by molar-refractivity contribution is 5.92. The fourth-order valence-electron chi connectivity index (χ4n) is 4.00. The molecular formula is C23H22O4. The summed E-state index contributed by atoms with van der Waals surface area (Å²) in [6.07, 6.45) is 2.45. The van der Waals surface area contributed by atoms with E-state index in [2.05, 4.69) is 25.1 Å². The molecule has 1 saturated carbocycles. The summed E-state index contributed by atoms with van der Waals surface area (Å²) >= 11 is 0. The number of aryl methyl sites for hydroxylation is 1. The Morgan fingerprint density at radius 2 is 1.96 bits per heavy atom. The van der Waals surface area contributed by atoms with E-state index in [9.17, 15) is 14.7 Å². The van der Waals surface area contributed by atoms with Crippen LogP contribution >= 0.6 is 0 Å². The second-order valence-corrected chi connectivity index (χ2v) is 7.35. The molecule has 0 amide bonds. The van der Waals surface area contributed by atoms with Crippen LogP contribution in [0.5, 0.6) is 0 Å². The van der Waals surface area contributed by atoms with Crippen molar-refractivity contribution in [3.05, 3.63) is 80.7 Å². The summed E-state index contributed by atoms with van der Waals surface area (Å²) in [4.78, 5) is 24.4. The molecule has 4 nitrogen and oxygen atoms in total. The van der Waals surface area contributed by atoms with Crippen molar-refractivity contribution in [1.82, 2.24) is 0 Å². The maximum atomic E-state index is 13.1. The topological polar surface area (TPSA) is 67.5 Å². The molecule has 1 aromatic heterocycles. The van der Waals surface area contributed by atoms with Gasteiger partial charge in [-0.1, -0.05) is 37.6 Å². The molecule has 1 aliphatic carbocycles. The normalized spacial score (nSPS) is 18.6. The van der Waals surface area contributed by atoms with Crippen LogP contribution in [0, 0.1) is 6.92 Å². The molecule has 0 radical (unpaired) electrons. The van der Waals surface area contributed by atoms with Gasteiger partial charge < -0.3 is 9.52 Å². The van der Waals surface area contributed by atoms with Crippen LogP contribution in [-0.4, -0.2) is 11.1 Å². The minimum atomic E-state index is -1.04. The molecule has 27 heavy (non-hydrogen) atoms. The lowest BCUT2D eigenvalue weighted by atomic mass is 9.98. The van der Waals surface area contributed by atoms with Crippen LogP contribution in [0.25, 0.3) is 11.0 Å². The van der Waals surface area contributed by atoms with E-state index in [1.54, 1.807) is 6.07 Å². The van der Waals surface area contributed by atoms with Gasteiger partial charge in [0.05, 0.1) is 10.9 Å². The van der Waals surface area contributed by atoms with Crippen LogP contribution in [0.15, 0.2) is 51.7 Å². The Morgan fingerprint density at radius 1 is 1.19 bits per heavy atom. The van der Waals surface area contributed by atoms with Crippen LogP contribution in [0.1, 0.15) is 64.4 Å². The van der Waals surface area contributed by atoms with Gasteiger partial charge in [0.25, 0.3) is 0 Å². The monoisotopic (exact) mass is 362 g/mol. The summed E-state index contributed by atoms with van der Waals surface area (Å²) in [5.74, 6) is 0.328. The molecule has 2 atom stereocenters. The Morgan fingerprint density at radius 3 is 2.67 bits per heavy atom. The molecule has 138 valence electrons. The summed E-state index contributed by atoms with van der Waals surface area (Å²) in [6.45, 7) is 4.15. The standard InChI is InChI=1S/C23H22O4/c1-3-6-16-21(24)19-11-14(23(25)26)9-10-20(19)27-22(16)18-12-17(18)15-8-5-4-7-13(15)2/h4-5,7-11,17-18H,3,6,12H2,1-2H3,(H,25,26). The van der Waals surface area contributed by atoms with Crippen molar-refractivity contribution in [2.45, 2.75) is 44.9 Å². The first-order chi connectivity index (χ1) is 13.0. The lowest BCUT2D eigenvalue weighted by molar-refractivity contribution is 0.0697. The van der Waals surface area contributed by atoms with E-state index in [-0.39, 0.29) is 16.9 Å². The van der Waals surface area contributed by atoms with E-state index in [1.807, 2.05) is 13.0 Å². The number of carbonyl (C=O) groups is 1. The van der Waals surface area contributed by atoms with E-state index >= 15 is 0 Å². The first kappa shape index (κ1) is 17.5. The van der Waals surface area contributed by atoms with Crippen molar-refractivity contribution in [2.24, 2.45) is 0 Å². The second-order valence-electron chi connectivity index (χ2n) is 7.35. The third kappa shape index (κ3) is 3.05. The number of fused-ring (bicyclic) bond motifs is 1. The average molecular weight is 362 g/mol. The van der Waals surface area contributed by atoms with Crippen LogP contribution in [0.3, 0.4) is 0 Å². The number of hydrogen-bond donors (Lipinski definition) is 1. The molecule has 0 spiro atoms. The summed E-state index contributed by atoms with van der Waals surface area (Å²) in [5.41, 5.74) is 3.76. The summed E-state index contributed by atoms with van der Waals surface area (Å²) in [7, 11) is 0. The van der Waals surface area contributed by atoms with E-state index < -0.39 is 5.97 Å². The lowest BCUT2D eigenvalue weighted by Gasteiger charge is -2.11. The first-order valence-electron chi connectivity index (χ1n) is 9.39. The Hall–Kier alpha value is -2.88. The highest BCUT2D eigenvalue weighted by Gasteiger charge is 2.43. The summed E-state index contributed by atoms with van der Waals surface area (Å²) in [5, 5.41) is 9.57. The van der Waals surface area contributed by atoms with E-state index in [1.165, 1.54) is 23.3 Å². The maximum absolute atomic E-state index is 13.1. The van der Waals surface area contributed by atoms with Gasteiger partial charge in [0.15, 0.2) is 5.43 Å². The van der Waals surface area contributed by atoms with Crippen molar-refractivity contribution in [3.63, 3.8) is 0 Å². The van der Waals surface area contributed by atoms with Gasteiger partial charge in [0.1, 0.15) is 11.3 Å². The molecule has 4 rings (SSSR count). The SMILES string of the molecule is CCCc1c(C2CC2c2ccccc2C)oc2ccc(C(=O)O)cc2c1=O. The van der Waals surface area contributed by atoms with E-state index in [4.69, 9.17) is 4.42 Å². The number of carboxylic acids is 1. The van der Waals surface area contributed by atoms with Crippen molar-refractivity contribution < 1.29 is 14.3 Å². The summed E-state index contributed by atoms with van der Waals surface area (Å²) in [6, 6.07) is 12.9. The van der Waals surface area contributed by atoms with Gasteiger partial charge in [-0.15, -0.1) is 0 Å². The fourth-order valence-corrected chi connectivity index (χ4v) is 4.00. The number of benzene rings is 2. The second kappa shape index (κ2) is 6.69. The molecule has 2 aromatic carbocycles. The van der Waals surface area contributed by atoms with Crippen molar-refractivity contribution in [2.75, 3.05) is 0 Å². The molecule has 0 saturated heterocycles. The van der Waals surface area contributed by atoms with Crippen molar-refractivity contribution in [1.29, 1.82) is 0 Å². The Balaban J connectivity index is 1.82. The smallest absolute Gasteiger partial charge is 0.335 e. The van der Waals surface area contributed by atoms with Gasteiger partial charge in [-0.3, -0.25) is 4.79 Å². The fraction of sp³-hybridized carbons (Fsp3) is 0.304. The third-order valence-corrected chi connectivity index (χ3v) is 5.48. The minimum absolute atomic E-state index is 0.0911. The molecule has 1 heterocycles. The molecule has 1 fully saturated rings. The van der Waals surface area contributed by atoms with Crippen LogP contribution in [-0.2, 0) is 6.42 Å². The number of hydrogen-bond acceptors (Lipinski definition) is 3. The maximum Gasteiger partial charge on any atom is 0.335 e. The molecular weight excluding hydrogens is 340 g/mol. The van der Waals surface area contributed by atoms with Gasteiger partial charge in [-0.25, -0.2) is 4.79 Å². The zero-order valence-corrected chi connectivity index (χ0v) is 15.5. The van der Waals surface area contributed by atoms with E-state index in [0.717, 1.165) is 18.6 Å². The highest BCUT2D eigenvalue weighted by Crippen LogP contribution is 2.56. The number of aromatic carboxylic acids is 1. The molecule has 3 aromatic rings. The summed E-state index contributed by atoms with van der Waals surface area (Å²) < 4.78 is 6.18. The van der Waals surface area contributed by atoms with Crippen LogP contribution < -0.4 is 5.43 Å². The Kier molecular flexibility index (Phi) is 4.34. The van der Waals surface area contributed by atoms with Crippen molar-refractivity contribution in [3.8, 4) is 0 Å². The quantitative estimate of drug-likeness (QED) is 0.692. The Bertz CT molecular complexity index is 1090. The molecule has 2 unspecified atom stereocenters. The number of carboxylic acid groups (broad SMARTS) is 1. The highest BCUT2D eigenvalue weighted by atomic mass is 16.4. The zero-order valence-electron chi connectivity index (χ0n) is 15.5. The van der Waals surface area contributed by atoms with Gasteiger partial charge in [-0.2, -0.15) is 0 Å². The van der Waals surface area contributed by atoms with Gasteiger partial charge >= 0.3 is 5.97 Å². The van der Waals surface area contributed by atoms with E-state index in [0.29, 0.717) is 28.9 Å². The minimum Gasteiger partial charge on any atom is -0.478 e. The molecule has 0 bridgehead atoms. The van der Waals surface area contributed by atoms with Gasteiger partial charge in [0.2, 0.25) is 0 Å². The molecule has 1 N–H and O–H groups in total. The molecule has 4 heteroatoms. The van der Waals surface area contributed by atoms with Gasteiger partial charge in [-0.05, 0) is 55.0 Å². The predicted octanol–water partition coefficient (Wildman–Crippen LogP) is 5.02.